The van der Waals surface area contributed by atoms with Crippen molar-refractivity contribution >= 4 is 47.2 Å². The van der Waals surface area contributed by atoms with E-state index in [2.05, 4.69) is 15.1 Å². The highest BCUT2D eigenvalue weighted by Gasteiger charge is 2.52. The van der Waals surface area contributed by atoms with Gasteiger partial charge in [0.15, 0.2) is 26.4 Å². The SMILES string of the molecule is CC(C)Sc1nn([C@@H]2O[C@H](COS(N)(=O)=O)C(O[Si](C)(C)C(C)(C)C)[C@@H]2F)c2ncnc(N)c12. The molecular weight excluding hydrogens is 503 g/mol. The molecule has 3 heterocycles. The first-order valence-electron chi connectivity index (χ1n) is 10.8. The maximum Gasteiger partial charge on any atom is 0.333 e. The van der Waals surface area contributed by atoms with Crippen molar-refractivity contribution in [2.45, 2.75) is 87.6 Å². The zero-order valence-corrected chi connectivity index (χ0v) is 23.0. The van der Waals surface area contributed by atoms with Crippen molar-refractivity contribution in [2.24, 2.45) is 5.14 Å². The van der Waals surface area contributed by atoms with Crippen molar-refractivity contribution in [1.29, 1.82) is 0 Å². The average molecular weight is 537 g/mol. The summed E-state index contributed by atoms with van der Waals surface area (Å²) < 4.78 is 57.2. The summed E-state index contributed by atoms with van der Waals surface area (Å²) in [7, 11) is -6.74. The van der Waals surface area contributed by atoms with Crippen LogP contribution in [0.15, 0.2) is 11.4 Å². The van der Waals surface area contributed by atoms with E-state index in [0.29, 0.717) is 16.1 Å². The number of nitrogens with zero attached hydrogens (tertiary/aromatic N) is 4. The highest BCUT2D eigenvalue weighted by Crippen LogP contribution is 2.43. The van der Waals surface area contributed by atoms with Gasteiger partial charge in [0.05, 0.1) is 12.0 Å². The average Bonchev–Trinajstić information content (AvgIpc) is 3.17. The molecule has 2 aromatic rings. The molecule has 0 saturated carbocycles. The van der Waals surface area contributed by atoms with Gasteiger partial charge in [0.25, 0.3) is 0 Å². The molecule has 1 aliphatic rings. The number of nitrogens with two attached hydrogens (primary N) is 2. The maximum atomic E-state index is 16.0. The van der Waals surface area contributed by atoms with Crippen LogP contribution in [-0.4, -0.2) is 66.7 Å². The first-order chi connectivity index (χ1) is 15.5. The molecule has 34 heavy (non-hydrogen) atoms. The maximum absolute atomic E-state index is 16.0. The Kier molecular flexibility index (Phi) is 7.68. The van der Waals surface area contributed by atoms with E-state index in [0.717, 1.165) is 0 Å². The van der Waals surface area contributed by atoms with Crippen molar-refractivity contribution in [1.82, 2.24) is 19.7 Å². The van der Waals surface area contributed by atoms with Gasteiger partial charge in [-0.1, -0.05) is 34.6 Å². The molecule has 2 aromatic heterocycles. The van der Waals surface area contributed by atoms with Gasteiger partial charge in [-0.05, 0) is 18.1 Å². The number of aromatic nitrogens is 4. The lowest BCUT2D eigenvalue weighted by Crippen LogP contribution is -2.49. The molecule has 0 spiro atoms. The van der Waals surface area contributed by atoms with Crippen molar-refractivity contribution < 1.29 is 26.2 Å². The molecule has 1 fully saturated rings. The number of hydrogen-bond donors (Lipinski definition) is 2. The summed E-state index contributed by atoms with van der Waals surface area (Å²) >= 11 is 1.44. The van der Waals surface area contributed by atoms with Crippen LogP contribution in [0, 0.1) is 0 Å². The first kappa shape index (κ1) is 27.2. The van der Waals surface area contributed by atoms with Crippen LogP contribution in [0.2, 0.25) is 18.1 Å². The Labute approximate surface area is 204 Å². The summed E-state index contributed by atoms with van der Waals surface area (Å²) in [4.78, 5) is 8.31. The smallest absolute Gasteiger partial charge is 0.333 e. The molecule has 3 rings (SSSR count). The van der Waals surface area contributed by atoms with Crippen molar-refractivity contribution in [3.8, 4) is 0 Å². The van der Waals surface area contributed by atoms with Gasteiger partial charge in [0.1, 0.15) is 29.4 Å². The number of thioether (sulfide) groups is 1. The van der Waals surface area contributed by atoms with Crippen LogP contribution in [0.5, 0.6) is 0 Å². The zero-order valence-electron chi connectivity index (χ0n) is 20.4. The molecule has 0 bridgehead atoms. The lowest BCUT2D eigenvalue weighted by atomic mass is 10.1. The number of rotatable bonds is 8. The predicted molar refractivity (Wildman–Crippen MR) is 131 cm³/mol. The zero-order chi connectivity index (χ0) is 25.6. The van der Waals surface area contributed by atoms with E-state index in [1.54, 1.807) is 0 Å². The molecule has 192 valence electrons. The van der Waals surface area contributed by atoms with E-state index >= 15 is 4.39 Å². The third kappa shape index (κ3) is 5.71. The molecule has 11 nitrogen and oxygen atoms in total. The molecule has 0 amide bonds. The fourth-order valence-electron chi connectivity index (χ4n) is 3.29. The minimum absolute atomic E-state index is 0.169. The van der Waals surface area contributed by atoms with Crippen LogP contribution in [0.1, 0.15) is 40.8 Å². The second-order valence-corrected chi connectivity index (χ2v) is 17.5. The van der Waals surface area contributed by atoms with E-state index in [9.17, 15) is 8.42 Å². The Balaban J connectivity index is 2.04. The number of nitrogen functional groups attached to an aromatic ring is 1. The molecule has 1 aliphatic heterocycles. The summed E-state index contributed by atoms with van der Waals surface area (Å²) in [5.41, 5.74) is 6.40. The normalized spacial score (nSPS) is 24.4. The Morgan fingerprint density at radius 2 is 1.97 bits per heavy atom. The Morgan fingerprint density at radius 1 is 1.32 bits per heavy atom. The predicted octanol–water partition coefficient (Wildman–Crippen LogP) is 2.75. The summed E-state index contributed by atoms with van der Waals surface area (Å²) in [6.07, 6.45) is -3.83. The van der Waals surface area contributed by atoms with Gasteiger partial charge in [0.2, 0.25) is 0 Å². The van der Waals surface area contributed by atoms with Gasteiger partial charge in [0, 0.05) is 5.25 Å². The minimum Gasteiger partial charge on any atom is -0.408 e. The molecular formula is C19H33FN6O5S2Si. The first-order valence-corrected chi connectivity index (χ1v) is 16.1. The van der Waals surface area contributed by atoms with Gasteiger partial charge in [-0.25, -0.2) is 24.2 Å². The number of hydrogen-bond acceptors (Lipinski definition) is 10. The Hall–Kier alpha value is -1.36. The number of alkyl halides is 1. The number of fused-ring (bicyclic) bond motifs is 1. The monoisotopic (exact) mass is 536 g/mol. The Bertz CT molecular complexity index is 1140. The number of anilines is 1. The fraction of sp³-hybridized carbons (Fsp3) is 0.737. The molecule has 1 saturated heterocycles. The highest BCUT2D eigenvalue weighted by molar-refractivity contribution is 8.00. The lowest BCUT2D eigenvalue weighted by Gasteiger charge is -2.39. The second kappa shape index (κ2) is 9.59. The van der Waals surface area contributed by atoms with E-state index < -0.39 is 49.8 Å². The standard InChI is InChI=1S/C19H33FN6O5S2Si/c1-10(2)32-17-12-15(21)23-9-24-16(12)26(25-17)18-13(20)14(31-34(6,7)19(3,4)5)11(30-18)8-29-33(22,27)28/h9-11,13-14,18H,8H2,1-7H3,(H2,21,23,24)(H2,22,27,28)/t11-,13+,14?,18-/m1/s1. The topological polar surface area (TPSA) is 157 Å². The Morgan fingerprint density at radius 3 is 2.53 bits per heavy atom. The highest BCUT2D eigenvalue weighted by atomic mass is 32.2. The van der Waals surface area contributed by atoms with Crippen LogP contribution in [0.3, 0.4) is 0 Å². The quantitative estimate of drug-likeness (QED) is 0.379. The molecule has 0 aliphatic carbocycles. The van der Waals surface area contributed by atoms with Gasteiger partial charge >= 0.3 is 10.3 Å². The summed E-state index contributed by atoms with van der Waals surface area (Å²) in [5.74, 6) is 0.219. The third-order valence-electron chi connectivity index (χ3n) is 5.97. The van der Waals surface area contributed by atoms with E-state index in [1.165, 1.54) is 22.8 Å². The van der Waals surface area contributed by atoms with Crippen LogP contribution >= 0.6 is 11.8 Å². The third-order valence-corrected chi connectivity index (χ3v) is 11.9. The summed E-state index contributed by atoms with van der Waals surface area (Å²) in [5, 5.41) is 10.5. The van der Waals surface area contributed by atoms with Crippen LogP contribution in [0.4, 0.5) is 10.2 Å². The molecule has 4 N–H and O–H groups in total. The largest absolute Gasteiger partial charge is 0.408 e. The lowest BCUT2D eigenvalue weighted by molar-refractivity contribution is -0.0446. The minimum atomic E-state index is -4.27. The van der Waals surface area contributed by atoms with Gasteiger partial charge in [-0.15, -0.1) is 11.8 Å². The van der Waals surface area contributed by atoms with Crippen molar-refractivity contribution in [3.05, 3.63) is 6.33 Å². The van der Waals surface area contributed by atoms with Crippen LogP contribution in [-0.2, 0) is 23.7 Å². The summed E-state index contributed by atoms with van der Waals surface area (Å²) in [6, 6.07) is 0. The summed E-state index contributed by atoms with van der Waals surface area (Å²) in [6.45, 7) is 13.5. The molecule has 0 aromatic carbocycles. The van der Waals surface area contributed by atoms with E-state index in [4.69, 9.17) is 24.2 Å². The second-order valence-electron chi connectivity index (χ2n) is 10.0. The van der Waals surface area contributed by atoms with E-state index in [1.807, 2.05) is 47.7 Å². The van der Waals surface area contributed by atoms with Gasteiger partial charge in [-0.2, -0.15) is 13.5 Å². The molecule has 0 radical (unpaired) electrons. The molecule has 4 atom stereocenters. The van der Waals surface area contributed by atoms with Gasteiger partial charge < -0.3 is 14.9 Å². The van der Waals surface area contributed by atoms with Crippen LogP contribution < -0.4 is 10.9 Å². The van der Waals surface area contributed by atoms with Crippen molar-refractivity contribution in [2.75, 3.05) is 12.3 Å². The van der Waals surface area contributed by atoms with Gasteiger partial charge in [-0.3, -0.25) is 4.18 Å². The van der Waals surface area contributed by atoms with Crippen molar-refractivity contribution in [3.63, 3.8) is 0 Å². The van der Waals surface area contributed by atoms with E-state index in [-0.39, 0.29) is 16.1 Å². The number of halogens is 1. The van der Waals surface area contributed by atoms with Crippen LogP contribution in [0.25, 0.3) is 11.0 Å². The number of ether oxygens (including phenoxy) is 1. The molecule has 15 heteroatoms. The molecule has 1 unspecified atom stereocenters. The fourth-order valence-corrected chi connectivity index (χ4v) is 5.83.